The molecule has 0 saturated heterocycles. The monoisotopic (exact) mass is 282 g/mol. The van der Waals surface area contributed by atoms with Crippen molar-refractivity contribution in [3.8, 4) is 0 Å². The summed E-state index contributed by atoms with van der Waals surface area (Å²) in [6, 6.07) is 2.87. The van der Waals surface area contributed by atoms with E-state index in [2.05, 4.69) is 10.1 Å². The molecule has 5 nitrogen and oxygen atoms in total. The third-order valence-corrected chi connectivity index (χ3v) is 3.21. The summed E-state index contributed by atoms with van der Waals surface area (Å²) in [5.41, 5.74) is 5.83. The van der Waals surface area contributed by atoms with Gasteiger partial charge in [0, 0.05) is 0 Å². The Morgan fingerprint density at radius 3 is 2.65 bits per heavy atom. The van der Waals surface area contributed by atoms with Crippen molar-refractivity contribution in [2.24, 2.45) is 11.7 Å². The van der Waals surface area contributed by atoms with E-state index in [9.17, 15) is 14.0 Å². The predicted octanol–water partition coefficient (Wildman–Crippen LogP) is 1.92. The van der Waals surface area contributed by atoms with Crippen molar-refractivity contribution in [2.75, 3.05) is 12.4 Å². The molecule has 0 aliphatic rings. The van der Waals surface area contributed by atoms with Gasteiger partial charge in [-0.25, -0.2) is 9.18 Å². The van der Waals surface area contributed by atoms with Crippen LogP contribution >= 0.6 is 0 Å². The van der Waals surface area contributed by atoms with Crippen LogP contribution in [-0.2, 0) is 9.53 Å². The Morgan fingerprint density at radius 2 is 2.10 bits per heavy atom. The highest BCUT2D eigenvalue weighted by atomic mass is 19.1. The topological polar surface area (TPSA) is 81.4 Å². The molecular formula is C14H19FN2O3. The second-order valence-corrected chi connectivity index (χ2v) is 4.59. The Hall–Kier alpha value is -1.95. The van der Waals surface area contributed by atoms with Crippen molar-refractivity contribution in [3.63, 3.8) is 0 Å². The number of anilines is 1. The SMILES string of the molecule is CCC(C)[C@H](N)C(=O)Nc1cc(C(=O)OC)ccc1F. The van der Waals surface area contributed by atoms with Gasteiger partial charge in [-0.2, -0.15) is 0 Å². The molecule has 1 aromatic rings. The zero-order chi connectivity index (χ0) is 15.3. The lowest BCUT2D eigenvalue weighted by atomic mass is 9.99. The molecule has 0 saturated carbocycles. The molecule has 1 unspecified atom stereocenters. The number of halogens is 1. The van der Waals surface area contributed by atoms with Gasteiger partial charge in [0.1, 0.15) is 5.82 Å². The number of rotatable bonds is 5. The number of ether oxygens (including phenoxy) is 1. The maximum absolute atomic E-state index is 13.6. The molecule has 0 fully saturated rings. The van der Waals surface area contributed by atoms with Crippen molar-refractivity contribution < 1.29 is 18.7 Å². The van der Waals surface area contributed by atoms with Crippen LogP contribution in [0.5, 0.6) is 0 Å². The molecule has 0 aliphatic carbocycles. The fourth-order valence-electron chi connectivity index (χ4n) is 1.59. The minimum atomic E-state index is -0.735. The predicted molar refractivity (Wildman–Crippen MR) is 73.8 cm³/mol. The van der Waals surface area contributed by atoms with Gasteiger partial charge in [0.15, 0.2) is 0 Å². The molecule has 1 amide bonds. The second kappa shape index (κ2) is 7.00. The Labute approximate surface area is 117 Å². The van der Waals surface area contributed by atoms with E-state index in [0.717, 1.165) is 12.5 Å². The Bertz CT molecular complexity index is 505. The van der Waals surface area contributed by atoms with Crippen LogP contribution in [0, 0.1) is 11.7 Å². The van der Waals surface area contributed by atoms with E-state index in [4.69, 9.17) is 5.73 Å². The number of methoxy groups -OCH3 is 1. The van der Waals surface area contributed by atoms with Gasteiger partial charge >= 0.3 is 5.97 Å². The highest BCUT2D eigenvalue weighted by molar-refractivity contribution is 5.97. The third kappa shape index (κ3) is 3.77. The molecule has 2 atom stereocenters. The summed E-state index contributed by atoms with van der Waals surface area (Å²) in [4.78, 5) is 23.3. The summed E-state index contributed by atoms with van der Waals surface area (Å²) in [6.45, 7) is 3.75. The lowest BCUT2D eigenvalue weighted by Crippen LogP contribution is -2.40. The number of hydrogen-bond acceptors (Lipinski definition) is 4. The number of carbonyl (C=O) groups excluding carboxylic acids is 2. The minimum Gasteiger partial charge on any atom is -0.465 e. The van der Waals surface area contributed by atoms with Gasteiger partial charge in [-0.3, -0.25) is 4.79 Å². The molecule has 0 aliphatic heterocycles. The first-order valence-electron chi connectivity index (χ1n) is 6.35. The summed E-state index contributed by atoms with van der Waals surface area (Å²) < 4.78 is 18.2. The molecule has 20 heavy (non-hydrogen) atoms. The van der Waals surface area contributed by atoms with Gasteiger partial charge in [0.05, 0.1) is 24.4 Å². The number of amides is 1. The molecule has 1 rings (SSSR count). The van der Waals surface area contributed by atoms with Crippen LogP contribution < -0.4 is 11.1 Å². The van der Waals surface area contributed by atoms with Crippen LogP contribution in [0.2, 0.25) is 0 Å². The normalized spacial score (nSPS) is 13.4. The number of nitrogens with one attached hydrogen (secondary N) is 1. The number of carbonyl (C=O) groups is 2. The quantitative estimate of drug-likeness (QED) is 0.808. The summed E-state index contributed by atoms with van der Waals surface area (Å²) in [5, 5.41) is 2.40. The van der Waals surface area contributed by atoms with E-state index >= 15 is 0 Å². The van der Waals surface area contributed by atoms with Crippen molar-refractivity contribution in [2.45, 2.75) is 26.3 Å². The van der Waals surface area contributed by atoms with E-state index in [-0.39, 0.29) is 17.2 Å². The smallest absolute Gasteiger partial charge is 0.337 e. The van der Waals surface area contributed by atoms with Crippen LogP contribution in [0.15, 0.2) is 18.2 Å². The van der Waals surface area contributed by atoms with Crippen LogP contribution in [0.1, 0.15) is 30.6 Å². The number of esters is 1. The Balaban J connectivity index is 2.91. The van der Waals surface area contributed by atoms with Gasteiger partial charge in [0.2, 0.25) is 5.91 Å². The molecule has 6 heteroatoms. The summed E-state index contributed by atoms with van der Waals surface area (Å²) in [7, 11) is 1.22. The van der Waals surface area contributed by atoms with Crippen LogP contribution in [-0.4, -0.2) is 25.0 Å². The van der Waals surface area contributed by atoms with Crippen LogP contribution in [0.4, 0.5) is 10.1 Å². The van der Waals surface area contributed by atoms with Crippen molar-refractivity contribution >= 4 is 17.6 Å². The van der Waals surface area contributed by atoms with E-state index in [1.54, 1.807) is 0 Å². The average molecular weight is 282 g/mol. The van der Waals surface area contributed by atoms with Gasteiger partial charge in [-0.15, -0.1) is 0 Å². The first kappa shape index (κ1) is 16.1. The second-order valence-electron chi connectivity index (χ2n) is 4.59. The summed E-state index contributed by atoms with van der Waals surface area (Å²) in [6.07, 6.45) is 0.735. The number of benzene rings is 1. The van der Waals surface area contributed by atoms with E-state index < -0.39 is 23.7 Å². The first-order valence-corrected chi connectivity index (χ1v) is 6.35. The fraction of sp³-hybridized carbons (Fsp3) is 0.429. The first-order chi connectivity index (χ1) is 9.40. The lowest BCUT2D eigenvalue weighted by molar-refractivity contribution is -0.118. The van der Waals surface area contributed by atoms with Gasteiger partial charge in [-0.1, -0.05) is 20.3 Å². The lowest BCUT2D eigenvalue weighted by Gasteiger charge is -2.18. The molecule has 0 radical (unpaired) electrons. The molecule has 0 aromatic heterocycles. The van der Waals surface area contributed by atoms with Crippen LogP contribution in [0.3, 0.4) is 0 Å². The number of hydrogen-bond donors (Lipinski definition) is 2. The Morgan fingerprint density at radius 1 is 1.45 bits per heavy atom. The largest absolute Gasteiger partial charge is 0.465 e. The summed E-state index contributed by atoms with van der Waals surface area (Å²) >= 11 is 0. The average Bonchev–Trinajstić information content (AvgIpc) is 2.46. The standard InChI is InChI=1S/C14H19FN2O3/c1-4-8(2)12(16)13(18)17-11-7-9(14(19)20-3)5-6-10(11)15/h5-8,12H,4,16H2,1-3H3,(H,17,18)/t8?,12-/m0/s1. The van der Waals surface area contributed by atoms with Crippen molar-refractivity contribution in [3.05, 3.63) is 29.6 Å². The zero-order valence-electron chi connectivity index (χ0n) is 11.8. The van der Waals surface area contributed by atoms with Crippen LogP contribution in [0.25, 0.3) is 0 Å². The maximum Gasteiger partial charge on any atom is 0.337 e. The van der Waals surface area contributed by atoms with Crippen molar-refractivity contribution in [1.82, 2.24) is 0 Å². The molecule has 110 valence electrons. The highest BCUT2D eigenvalue weighted by Crippen LogP contribution is 2.18. The van der Waals surface area contributed by atoms with E-state index in [1.807, 2.05) is 13.8 Å². The minimum absolute atomic E-state index is 0.0261. The Kier molecular flexibility index (Phi) is 5.64. The highest BCUT2D eigenvalue weighted by Gasteiger charge is 2.21. The third-order valence-electron chi connectivity index (χ3n) is 3.21. The molecule has 0 bridgehead atoms. The van der Waals surface area contributed by atoms with Gasteiger partial charge in [0.25, 0.3) is 0 Å². The molecule has 0 spiro atoms. The van der Waals surface area contributed by atoms with E-state index in [1.165, 1.54) is 19.2 Å². The zero-order valence-corrected chi connectivity index (χ0v) is 11.8. The molecule has 1 aromatic carbocycles. The summed E-state index contributed by atoms with van der Waals surface area (Å²) in [5.74, 6) is -1.75. The van der Waals surface area contributed by atoms with E-state index in [0.29, 0.717) is 0 Å². The number of nitrogens with two attached hydrogens (primary N) is 1. The fourth-order valence-corrected chi connectivity index (χ4v) is 1.59. The molecular weight excluding hydrogens is 263 g/mol. The molecule has 3 N–H and O–H groups in total. The van der Waals surface area contributed by atoms with Gasteiger partial charge < -0.3 is 15.8 Å². The van der Waals surface area contributed by atoms with Crippen molar-refractivity contribution in [1.29, 1.82) is 0 Å². The molecule has 0 heterocycles. The van der Waals surface area contributed by atoms with Gasteiger partial charge in [-0.05, 0) is 24.1 Å². The maximum atomic E-state index is 13.6.